The number of alkyl halides is 17. The van der Waals surface area contributed by atoms with E-state index in [-0.39, 0.29) is 0 Å². The van der Waals surface area contributed by atoms with Crippen LogP contribution in [0.1, 0.15) is 40.5 Å². The van der Waals surface area contributed by atoms with Gasteiger partial charge in [0.1, 0.15) is 0 Å². The van der Waals surface area contributed by atoms with E-state index in [0.717, 1.165) is 27.7 Å². The molecule has 0 aromatic carbocycles. The highest BCUT2D eigenvalue weighted by molar-refractivity contribution is 6.63. The van der Waals surface area contributed by atoms with E-state index in [9.17, 15) is 74.6 Å². The summed E-state index contributed by atoms with van der Waals surface area (Å²) >= 11 is 0. The fourth-order valence-corrected chi connectivity index (χ4v) is 5.46. The van der Waals surface area contributed by atoms with E-state index in [1.807, 2.05) is 0 Å². The summed E-state index contributed by atoms with van der Waals surface area (Å²) in [5, 5.41) is 0. The third-order valence-electron chi connectivity index (χ3n) is 5.11. The molecule has 0 aliphatic rings. The van der Waals surface area contributed by atoms with Crippen molar-refractivity contribution in [2.45, 2.75) is 93.7 Å². The maximum Gasteiger partial charge on any atom is 0.582 e. The Morgan fingerprint density at radius 2 is 0.769 bits per heavy atom. The zero-order valence-corrected chi connectivity index (χ0v) is 21.3. The van der Waals surface area contributed by atoms with Gasteiger partial charge in [-0.15, -0.1) is 0 Å². The monoisotopic (exact) mass is 638 g/mol. The molecule has 39 heavy (non-hydrogen) atoms. The molecule has 236 valence electrons. The van der Waals surface area contributed by atoms with Crippen LogP contribution >= 0.6 is 0 Å². The minimum absolute atomic E-state index is 0.744. The smallest absolute Gasteiger partial charge is 0.370 e. The predicted molar refractivity (Wildman–Crippen MR) is 100 cm³/mol. The molecule has 21 heteroatoms. The maximum absolute atomic E-state index is 14.8. The standard InChI is InChI=1S/C18H23F17O3Si/c1-5-9-10(19)11(20,21)12(22,23)13(24,25)14(26,27)15(28,29)16(30,31)17(32,33)18(34,35)39(36-6-2,37-7-3)38-8-4/h10H,5-9H2,1-4H3. The Bertz CT molecular complexity index is 789. The van der Waals surface area contributed by atoms with E-state index in [4.69, 9.17) is 0 Å². The zero-order chi connectivity index (χ0) is 31.7. The second-order valence-electron chi connectivity index (χ2n) is 7.76. The van der Waals surface area contributed by atoms with Gasteiger partial charge in [-0.25, -0.2) is 4.39 Å². The Morgan fingerprint density at radius 3 is 1.05 bits per heavy atom. The number of halogens is 17. The summed E-state index contributed by atoms with van der Waals surface area (Å²) in [5.74, 6) is -57.0. The van der Waals surface area contributed by atoms with Gasteiger partial charge in [0.15, 0.2) is 6.17 Å². The van der Waals surface area contributed by atoms with Gasteiger partial charge in [0.05, 0.1) is 0 Å². The van der Waals surface area contributed by atoms with Gasteiger partial charge < -0.3 is 13.3 Å². The summed E-state index contributed by atoms with van der Waals surface area (Å²) in [6.07, 6.45) is -7.05. The van der Waals surface area contributed by atoms with Crippen LogP contribution in [0.3, 0.4) is 0 Å². The van der Waals surface area contributed by atoms with E-state index in [2.05, 4.69) is 13.3 Å². The number of rotatable bonds is 17. The quantitative estimate of drug-likeness (QED) is 0.120. The molecule has 3 nitrogen and oxygen atoms in total. The van der Waals surface area contributed by atoms with Gasteiger partial charge >= 0.3 is 55.8 Å². The minimum Gasteiger partial charge on any atom is -0.370 e. The molecule has 0 bridgehead atoms. The van der Waals surface area contributed by atoms with E-state index >= 15 is 0 Å². The average molecular weight is 638 g/mol. The van der Waals surface area contributed by atoms with Crippen molar-refractivity contribution >= 4 is 8.80 Å². The van der Waals surface area contributed by atoms with Crippen molar-refractivity contribution < 1.29 is 87.9 Å². The fraction of sp³-hybridized carbons (Fsp3) is 1.00. The molecule has 0 radical (unpaired) electrons. The molecular weight excluding hydrogens is 615 g/mol. The van der Waals surface area contributed by atoms with E-state index in [1.54, 1.807) is 0 Å². The van der Waals surface area contributed by atoms with Crippen molar-refractivity contribution in [3.05, 3.63) is 0 Å². The van der Waals surface area contributed by atoms with Gasteiger partial charge in [0, 0.05) is 19.8 Å². The third-order valence-corrected chi connectivity index (χ3v) is 8.20. The van der Waals surface area contributed by atoms with Gasteiger partial charge in [-0.1, -0.05) is 13.3 Å². The number of hydrogen-bond donors (Lipinski definition) is 0. The van der Waals surface area contributed by atoms with Crippen LogP contribution < -0.4 is 0 Å². The zero-order valence-electron chi connectivity index (χ0n) is 20.3. The van der Waals surface area contributed by atoms with Gasteiger partial charge in [0.2, 0.25) is 0 Å². The number of hydrogen-bond acceptors (Lipinski definition) is 3. The predicted octanol–water partition coefficient (Wildman–Crippen LogP) is 7.79. The van der Waals surface area contributed by atoms with Crippen LogP contribution in [-0.4, -0.2) is 81.8 Å². The molecule has 0 aromatic rings. The second-order valence-corrected chi connectivity index (χ2v) is 10.4. The van der Waals surface area contributed by atoms with Crippen molar-refractivity contribution in [2.24, 2.45) is 0 Å². The van der Waals surface area contributed by atoms with Crippen LogP contribution in [0.15, 0.2) is 0 Å². The van der Waals surface area contributed by atoms with Crippen molar-refractivity contribution in [3.8, 4) is 0 Å². The van der Waals surface area contributed by atoms with E-state index in [1.165, 1.54) is 0 Å². The Hall–Kier alpha value is -1.09. The Labute approximate surface area is 211 Å². The summed E-state index contributed by atoms with van der Waals surface area (Å²) in [6.45, 7) is -0.398. The van der Waals surface area contributed by atoms with Gasteiger partial charge in [-0.05, 0) is 27.2 Å². The fourth-order valence-electron chi connectivity index (χ4n) is 2.99. The van der Waals surface area contributed by atoms with Crippen molar-refractivity contribution in [1.82, 2.24) is 0 Å². The highest BCUT2D eigenvalue weighted by Crippen LogP contribution is 2.65. The first-order chi connectivity index (χ1) is 17.2. The lowest BCUT2D eigenvalue weighted by atomic mass is 9.87. The topological polar surface area (TPSA) is 27.7 Å². The lowest BCUT2D eigenvalue weighted by molar-refractivity contribution is -0.453. The molecule has 0 N–H and O–H groups in total. The molecule has 0 saturated carbocycles. The highest BCUT2D eigenvalue weighted by Gasteiger charge is 2.97. The highest BCUT2D eigenvalue weighted by atomic mass is 28.4. The van der Waals surface area contributed by atoms with Gasteiger partial charge in [-0.3, -0.25) is 0 Å². The average Bonchev–Trinajstić information content (AvgIpc) is 2.78. The largest absolute Gasteiger partial charge is 0.582 e. The molecular formula is C18H23F17O3Si. The van der Waals surface area contributed by atoms with Crippen LogP contribution in [0.4, 0.5) is 74.6 Å². The summed E-state index contributed by atoms with van der Waals surface area (Å²) in [5.41, 5.74) is -6.86. The molecule has 0 aromatic heterocycles. The van der Waals surface area contributed by atoms with Crippen LogP contribution in [0.5, 0.6) is 0 Å². The summed E-state index contributed by atoms with van der Waals surface area (Å²) in [4.78, 5) is 0. The molecule has 0 spiro atoms. The van der Waals surface area contributed by atoms with Crippen molar-refractivity contribution in [3.63, 3.8) is 0 Å². The third kappa shape index (κ3) is 5.32. The van der Waals surface area contributed by atoms with Gasteiger partial charge in [-0.2, -0.15) is 70.2 Å². The molecule has 0 fully saturated rings. The van der Waals surface area contributed by atoms with Crippen molar-refractivity contribution in [2.75, 3.05) is 19.8 Å². The van der Waals surface area contributed by atoms with Crippen LogP contribution in [0, 0.1) is 0 Å². The normalized spacial score (nSPS) is 16.5. The molecule has 1 unspecified atom stereocenters. The maximum atomic E-state index is 14.8. The molecule has 0 rings (SSSR count). The first-order valence-electron chi connectivity index (χ1n) is 10.7. The molecule has 0 aliphatic heterocycles. The Morgan fingerprint density at radius 1 is 0.487 bits per heavy atom. The van der Waals surface area contributed by atoms with E-state index in [0.29, 0.717) is 0 Å². The Kier molecular flexibility index (Phi) is 11.3. The lowest BCUT2D eigenvalue weighted by Crippen LogP contribution is -2.79. The minimum atomic E-state index is -8.64. The van der Waals surface area contributed by atoms with E-state index < -0.39 is 94.6 Å². The van der Waals surface area contributed by atoms with Crippen LogP contribution in [0.25, 0.3) is 0 Å². The molecule has 0 aliphatic carbocycles. The van der Waals surface area contributed by atoms with Crippen LogP contribution in [-0.2, 0) is 13.3 Å². The molecule has 0 amide bonds. The SMILES string of the molecule is CCCC(F)C(F)(F)C(F)(F)C(F)(F)C(F)(F)C(F)(F)C(F)(F)C(F)(F)C(F)(F)[Si](OCC)(OCC)OCC. The first-order valence-corrected chi connectivity index (χ1v) is 12.5. The first kappa shape index (κ1) is 37.9. The van der Waals surface area contributed by atoms with Gasteiger partial charge in [0.25, 0.3) is 0 Å². The molecule has 0 heterocycles. The molecule has 0 saturated heterocycles. The van der Waals surface area contributed by atoms with Crippen molar-refractivity contribution in [1.29, 1.82) is 0 Å². The molecule has 1 atom stereocenters. The Balaban J connectivity index is 7.17. The second kappa shape index (κ2) is 11.7. The lowest BCUT2D eigenvalue weighted by Gasteiger charge is -2.45. The summed E-state index contributed by atoms with van der Waals surface area (Å²) in [6, 6.07) is 0. The van der Waals surface area contributed by atoms with Crippen LogP contribution in [0.2, 0.25) is 0 Å². The summed E-state index contributed by atoms with van der Waals surface area (Å²) in [7, 11) is -6.69. The summed E-state index contributed by atoms with van der Waals surface area (Å²) < 4.78 is 252.